The van der Waals surface area contributed by atoms with E-state index in [-0.39, 0.29) is 16.4 Å². The molecule has 1 atom stereocenters. The van der Waals surface area contributed by atoms with Crippen LogP contribution < -0.4 is 14.4 Å². The lowest BCUT2D eigenvalue weighted by molar-refractivity contribution is -0.116. The van der Waals surface area contributed by atoms with E-state index in [4.69, 9.17) is 16.3 Å². The van der Waals surface area contributed by atoms with Gasteiger partial charge < -0.3 is 10.1 Å². The highest BCUT2D eigenvalue weighted by molar-refractivity contribution is 7.92. The number of anilines is 2. The first-order chi connectivity index (χ1) is 12.5. The number of sulfonamides is 1. The molecule has 0 bridgehead atoms. The van der Waals surface area contributed by atoms with Crippen LogP contribution >= 0.6 is 11.6 Å². The molecule has 2 rings (SSSR count). The zero-order valence-corrected chi connectivity index (χ0v) is 16.9. The maximum atomic E-state index is 13.3. The molecule has 2 aromatic rings. The number of amides is 1. The molecule has 0 aliphatic heterocycles. The van der Waals surface area contributed by atoms with Crippen LogP contribution in [0.4, 0.5) is 15.8 Å². The van der Waals surface area contributed by atoms with Gasteiger partial charge in [0.2, 0.25) is 15.9 Å². The third-order valence-corrected chi connectivity index (χ3v) is 5.36. The van der Waals surface area contributed by atoms with Crippen molar-refractivity contribution in [2.45, 2.75) is 19.9 Å². The molecule has 0 spiro atoms. The molecule has 0 saturated heterocycles. The zero-order chi connectivity index (χ0) is 20.4. The molecule has 2 aromatic carbocycles. The summed E-state index contributed by atoms with van der Waals surface area (Å²) in [6, 6.07) is 7.63. The molecule has 0 unspecified atom stereocenters. The van der Waals surface area contributed by atoms with Crippen molar-refractivity contribution < 1.29 is 22.3 Å². The molecule has 1 N–H and O–H groups in total. The average Bonchev–Trinajstić information content (AvgIpc) is 2.57. The van der Waals surface area contributed by atoms with Crippen molar-refractivity contribution in [1.29, 1.82) is 0 Å². The number of nitrogens with one attached hydrogen (secondary N) is 1. The van der Waals surface area contributed by atoms with E-state index in [2.05, 4.69) is 5.32 Å². The molecule has 0 fully saturated rings. The van der Waals surface area contributed by atoms with Crippen LogP contribution in [0.5, 0.6) is 5.75 Å². The first kappa shape index (κ1) is 21.0. The average molecular weight is 415 g/mol. The number of hydrogen-bond donors (Lipinski definition) is 1. The minimum Gasteiger partial charge on any atom is -0.495 e. The molecule has 1 amide bonds. The highest BCUT2D eigenvalue weighted by Crippen LogP contribution is 2.33. The van der Waals surface area contributed by atoms with E-state index in [0.717, 1.165) is 22.2 Å². The fraction of sp³-hybridized carbons (Fsp3) is 0.278. The Morgan fingerprint density at radius 3 is 2.48 bits per heavy atom. The van der Waals surface area contributed by atoms with E-state index in [0.29, 0.717) is 5.75 Å². The van der Waals surface area contributed by atoms with Crippen LogP contribution in [-0.2, 0) is 14.8 Å². The topological polar surface area (TPSA) is 75.7 Å². The zero-order valence-electron chi connectivity index (χ0n) is 15.3. The molecule has 0 radical (unpaired) electrons. The second kappa shape index (κ2) is 8.14. The summed E-state index contributed by atoms with van der Waals surface area (Å²) in [4.78, 5) is 12.7. The first-order valence-corrected chi connectivity index (χ1v) is 10.2. The SMILES string of the molecule is COc1ccc(C)cc1N([C@H](C)C(=O)Nc1ccc(F)c(Cl)c1)S(C)(=O)=O. The van der Waals surface area contributed by atoms with E-state index < -0.39 is 27.8 Å². The number of aryl methyl sites for hydroxylation is 1. The number of methoxy groups -OCH3 is 1. The fourth-order valence-corrected chi connectivity index (χ4v) is 3.92. The van der Waals surface area contributed by atoms with Crippen molar-refractivity contribution in [2.75, 3.05) is 23.0 Å². The lowest BCUT2D eigenvalue weighted by Crippen LogP contribution is -2.45. The largest absolute Gasteiger partial charge is 0.495 e. The summed E-state index contributed by atoms with van der Waals surface area (Å²) < 4.78 is 44.4. The summed E-state index contributed by atoms with van der Waals surface area (Å²) in [5.74, 6) is -0.910. The predicted octanol–water partition coefficient (Wildman–Crippen LogP) is 3.59. The number of halogens is 2. The summed E-state index contributed by atoms with van der Waals surface area (Å²) in [5, 5.41) is 2.40. The first-order valence-electron chi connectivity index (χ1n) is 7.94. The van der Waals surface area contributed by atoms with Gasteiger partial charge in [0.05, 0.1) is 24.1 Å². The Kier molecular flexibility index (Phi) is 6.33. The quantitative estimate of drug-likeness (QED) is 0.783. The van der Waals surface area contributed by atoms with E-state index in [1.807, 2.05) is 0 Å². The number of rotatable bonds is 6. The second-order valence-corrected chi connectivity index (χ2v) is 8.29. The van der Waals surface area contributed by atoms with E-state index in [9.17, 15) is 17.6 Å². The minimum absolute atomic E-state index is 0.152. The van der Waals surface area contributed by atoms with Crippen molar-refractivity contribution in [3.05, 3.63) is 52.8 Å². The molecule has 0 aliphatic carbocycles. The molecule has 0 saturated carbocycles. The standard InChI is InChI=1S/C18H20ClFN2O4S/c1-11-5-8-17(26-3)16(9-11)22(27(4,24)25)12(2)18(23)21-13-6-7-15(20)14(19)10-13/h5-10,12H,1-4H3,(H,21,23)/t12-/m1/s1. The third-order valence-electron chi connectivity index (χ3n) is 3.85. The second-order valence-electron chi connectivity index (χ2n) is 6.03. The normalized spacial score (nSPS) is 12.4. The Morgan fingerprint density at radius 1 is 1.26 bits per heavy atom. The summed E-state index contributed by atoms with van der Waals surface area (Å²) in [7, 11) is -2.40. The van der Waals surface area contributed by atoms with E-state index >= 15 is 0 Å². The molecule has 9 heteroatoms. The molecule has 0 aliphatic rings. The van der Waals surface area contributed by atoms with Crippen LogP contribution in [0, 0.1) is 12.7 Å². The van der Waals surface area contributed by atoms with Gasteiger partial charge in [0.25, 0.3) is 0 Å². The van der Waals surface area contributed by atoms with Gasteiger partial charge in [-0.15, -0.1) is 0 Å². The fourth-order valence-electron chi connectivity index (χ4n) is 2.57. The van der Waals surface area contributed by atoms with E-state index in [1.54, 1.807) is 25.1 Å². The lowest BCUT2D eigenvalue weighted by atomic mass is 10.2. The van der Waals surface area contributed by atoms with Gasteiger partial charge in [0.1, 0.15) is 17.6 Å². The van der Waals surface area contributed by atoms with Crippen LogP contribution in [-0.4, -0.2) is 33.7 Å². The van der Waals surface area contributed by atoms with Crippen LogP contribution in [0.15, 0.2) is 36.4 Å². The smallest absolute Gasteiger partial charge is 0.247 e. The van der Waals surface area contributed by atoms with Crippen LogP contribution in [0.1, 0.15) is 12.5 Å². The monoisotopic (exact) mass is 414 g/mol. The predicted molar refractivity (Wildman–Crippen MR) is 105 cm³/mol. The molecular weight excluding hydrogens is 395 g/mol. The summed E-state index contributed by atoms with van der Waals surface area (Å²) in [5.41, 5.74) is 1.31. The Balaban J connectivity index is 2.41. The summed E-state index contributed by atoms with van der Waals surface area (Å²) >= 11 is 5.72. The number of carbonyl (C=O) groups excluding carboxylic acids is 1. The third kappa shape index (κ3) is 4.90. The van der Waals surface area contributed by atoms with Crippen molar-refractivity contribution in [3.63, 3.8) is 0 Å². The summed E-state index contributed by atoms with van der Waals surface area (Å²) in [6.07, 6.45) is 1.01. The Hall–Kier alpha value is -2.32. The van der Waals surface area contributed by atoms with Gasteiger partial charge >= 0.3 is 0 Å². The number of ether oxygens (including phenoxy) is 1. The van der Waals surface area contributed by atoms with Crippen LogP contribution in [0.25, 0.3) is 0 Å². The number of nitrogens with zero attached hydrogens (tertiary/aromatic N) is 1. The number of carbonyl (C=O) groups is 1. The van der Waals surface area contributed by atoms with Crippen molar-refractivity contribution in [1.82, 2.24) is 0 Å². The molecule has 146 valence electrons. The van der Waals surface area contributed by atoms with Crippen LogP contribution in [0.2, 0.25) is 5.02 Å². The number of hydrogen-bond acceptors (Lipinski definition) is 4. The highest BCUT2D eigenvalue weighted by atomic mass is 35.5. The molecular formula is C18H20ClFN2O4S. The maximum absolute atomic E-state index is 13.3. The lowest BCUT2D eigenvalue weighted by Gasteiger charge is -2.29. The van der Waals surface area contributed by atoms with Crippen molar-refractivity contribution >= 4 is 38.9 Å². The summed E-state index contributed by atoms with van der Waals surface area (Å²) in [6.45, 7) is 3.25. The maximum Gasteiger partial charge on any atom is 0.247 e. The minimum atomic E-state index is -3.81. The molecule has 0 aromatic heterocycles. The highest BCUT2D eigenvalue weighted by Gasteiger charge is 2.31. The molecule has 6 nitrogen and oxygen atoms in total. The number of benzene rings is 2. The molecule has 0 heterocycles. The molecule has 27 heavy (non-hydrogen) atoms. The van der Waals surface area contributed by atoms with Gasteiger partial charge in [-0.25, -0.2) is 12.8 Å². The van der Waals surface area contributed by atoms with Gasteiger partial charge in [0.15, 0.2) is 0 Å². The van der Waals surface area contributed by atoms with Gasteiger partial charge in [-0.3, -0.25) is 9.10 Å². The van der Waals surface area contributed by atoms with Crippen LogP contribution in [0.3, 0.4) is 0 Å². The van der Waals surface area contributed by atoms with Gasteiger partial charge in [-0.05, 0) is 49.7 Å². The van der Waals surface area contributed by atoms with Gasteiger partial charge in [-0.1, -0.05) is 17.7 Å². The van der Waals surface area contributed by atoms with Crippen molar-refractivity contribution in [2.24, 2.45) is 0 Å². The van der Waals surface area contributed by atoms with Gasteiger partial charge in [0, 0.05) is 5.69 Å². The van der Waals surface area contributed by atoms with Gasteiger partial charge in [-0.2, -0.15) is 0 Å². The Bertz CT molecular complexity index is 966. The Labute approximate surface area is 162 Å². The van der Waals surface area contributed by atoms with E-state index in [1.165, 1.54) is 26.2 Å². The van der Waals surface area contributed by atoms with Crippen molar-refractivity contribution in [3.8, 4) is 5.75 Å². The Morgan fingerprint density at radius 2 is 1.93 bits per heavy atom.